The Morgan fingerprint density at radius 1 is 0.882 bits per heavy atom. The van der Waals surface area contributed by atoms with Crippen molar-refractivity contribution in [3.8, 4) is 11.5 Å². The zero-order valence-corrected chi connectivity index (χ0v) is 20.3. The van der Waals surface area contributed by atoms with E-state index in [0.717, 1.165) is 52.7 Å². The molecular weight excluding hydrogens is 456 g/mol. The Morgan fingerprint density at radius 3 is 1.97 bits per heavy atom. The Hall–Kier alpha value is -2.99. The fourth-order valence-corrected chi connectivity index (χ4v) is 5.15. The quantitative estimate of drug-likeness (QED) is 0.239. The van der Waals surface area contributed by atoms with Gasteiger partial charge in [0.25, 0.3) is 0 Å². The largest absolute Gasteiger partial charge is 0.489 e. The van der Waals surface area contributed by atoms with E-state index in [1.807, 2.05) is 18.2 Å². The first-order valence-electron chi connectivity index (χ1n) is 11.5. The molecule has 0 saturated heterocycles. The predicted molar refractivity (Wildman–Crippen MR) is 131 cm³/mol. The first kappa shape index (κ1) is 24.1. The molecule has 4 rings (SSSR count). The molecule has 0 spiro atoms. The lowest BCUT2D eigenvalue weighted by Crippen LogP contribution is -2.16. The van der Waals surface area contributed by atoms with E-state index in [0.29, 0.717) is 28.0 Å². The Bertz CT molecular complexity index is 1170. The lowest BCUT2D eigenvalue weighted by Gasteiger charge is -2.25. The maximum atomic E-state index is 11.7. The van der Waals surface area contributed by atoms with Crippen LogP contribution in [0.2, 0.25) is 5.02 Å². The minimum absolute atomic E-state index is 0.118. The van der Waals surface area contributed by atoms with Crippen molar-refractivity contribution in [2.45, 2.75) is 44.9 Å². The number of hydrogen-bond acceptors (Lipinski definition) is 6. The molecule has 2 unspecified atom stereocenters. The van der Waals surface area contributed by atoms with E-state index in [4.69, 9.17) is 30.5 Å². The summed E-state index contributed by atoms with van der Waals surface area (Å²) in [6.45, 7) is 11.1. The van der Waals surface area contributed by atoms with Gasteiger partial charge in [0.2, 0.25) is 0 Å². The van der Waals surface area contributed by atoms with Crippen LogP contribution in [0.5, 0.6) is 11.5 Å². The van der Waals surface area contributed by atoms with E-state index >= 15 is 0 Å². The van der Waals surface area contributed by atoms with Gasteiger partial charge in [0, 0.05) is 33.0 Å². The second-order valence-electron chi connectivity index (χ2n) is 8.88. The number of rotatable bonds is 10. The SMILES string of the molecule is C=C(C)C(=O)OCCOc1c2c(c(OCCOC(=O)C(=C)C)c3c(Cl)cccc13)C1CCC2C1. The Balaban J connectivity index is 1.65. The lowest BCUT2D eigenvalue weighted by atomic mass is 9.87. The molecule has 2 aliphatic carbocycles. The second kappa shape index (κ2) is 10.1. The van der Waals surface area contributed by atoms with Gasteiger partial charge in [0.15, 0.2) is 0 Å². The van der Waals surface area contributed by atoms with Crippen LogP contribution in [0.1, 0.15) is 56.1 Å². The van der Waals surface area contributed by atoms with Gasteiger partial charge >= 0.3 is 11.9 Å². The van der Waals surface area contributed by atoms with Gasteiger partial charge in [-0.3, -0.25) is 0 Å². The van der Waals surface area contributed by atoms with Crippen molar-refractivity contribution in [2.75, 3.05) is 26.4 Å². The predicted octanol–water partition coefficient (Wildman–Crippen LogP) is 5.85. The normalized spacial score (nSPS) is 17.9. The maximum Gasteiger partial charge on any atom is 0.333 e. The van der Waals surface area contributed by atoms with Crippen LogP contribution in [0.3, 0.4) is 0 Å². The third-order valence-corrected chi connectivity index (χ3v) is 6.65. The molecule has 0 N–H and O–H groups in total. The van der Waals surface area contributed by atoms with E-state index in [2.05, 4.69) is 13.2 Å². The highest BCUT2D eigenvalue weighted by Gasteiger charge is 2.43. The highest BCUT2D eigenvalue weighted by Crippen LogP contribution is 2.61. The number of carbonyl (C=O) groups excluding carboxylic acids is 2. The summed E-state index contributed by atoms with van der Waals surface area (Å²) < 4.78 is 22.9. The number of ether oxygens (including phenoxy) is 4. The highest BCUT2D eigenvalue weighted by atomic mass is 35.5. The first-order valence-corrected chi connectivity index (χ1v) is 11.9. The van der Waals surface area contributed by atoms with Gasteiger partial charge in [0.05, 0.1) is 5.02 Å². The summed E-state index contributed by atoms with van der Waals surface area (Å²) in [6, 6.07) is 5.68. The Morgan fingerprint density at radius 2 is 1.41 bits per heavy atom. The Labute approximate surface area is 204 Å². The number of carbonyl (C=O) groups is 2. The molecule has 2 atom stereocenters. The molecule has 0 amide bonds. The fourth-order valence-electron chi connectivity index (χ4n) is 4.89. The summed E-state index contributed by atoms with van der Waals surface area (Å²) in [5.74, 6) is 1.42. The van der Waals surface area contributed by atoms with Crippen molar-refractivity contribution >= 4 is 34.3 Å². The molecule has 2 aliphatic rings. The van der Waals surface area contributed by atoms with Gasteiger partial charge < -0.3 is 18.9 Å². The monoisotopic (exact) mass is 484 g/mol. The molecular formula is C27H29ClO6. The van der Waals surface area contributed by atoms with Gasteiger partial charge in [-0.2, -0.15) is 0 Å². The maximum absolute atomic E-state index is 11.7. The van der Waals surface area contributed by atoms with E-state index < -0.39 is 11.9 Å². The molecule has 6 nitrogen and oxygen atoms in total. The average molecular weight is 485 g/mol. The van der Waals surface area contributed by atoms with Gasteiger partial charge in [0.1, 0.15) is 37.9 Å². The van der Waals surface area contributed by atoms with Crippen LogP contribution in [-0.2, 0) is 19.1 Å². The van der Waals surface area contributed by atoms with Crippen LogP contribution < -0.4 is 9.47 Å². The van der Waals surface area contributed by atoms with E-state index in [-0.39, 0.29) is 26.4 Å². The topological polar surface area (TPSA) is 71.1 Å². The molecule has 2 aromatic carbocycles. The number of hydrogen-bond donors (Lipinski definition) is 0. The minimum Gasteiger partial charge on any atom is -0.489 e. The molecule has 0 aromatic heterocycles. The summed E-state index contributed by atoms with van der Waals surface area (Å²) in [6.07, 6.45) is 3.23. The molecule has 0 radical (unpaired) electrons. The summed E-state index contributed by atoms with van der Waals surface area (Å²) in [5.41, 5.74) is 3.00. The standard InChI is InChI=1S/C27H29ClO6/c1-15(2)26(29)33-12-10-31-24-19-6-5-7-20(28)23(19)25(32-11-13-34-27(30)16(3)4)22-18-9-8-17(14-18)21(22)24/h5-7,17-18H,1,3,8-14H2,2,4H3. The Kier molecular flexibility index (Phi) is 7.17. The molecule has 0 aliphatic heterocycles. The van der Waals surface area contributed by atoms with Crippen LogP contribution in [0.15, 0.2) is 42.5 Å². The van der Waals surface area contributed by atoms with Crippen LogP contribution in [-0.4, -0.2) is 38.4 Å². The van der Waals surface area contributed by atoms with E-state index in [1.165, 1.54) is 0 Å². The van der Waals surface area contributed by atoms with Crippen molar-refractivity contribution < 1.29 is 28.5 Å². The van der Waals surface area contributed by atoms with Crippen LogP contribution in [0.25, 0.3) is 10.8 Å². The summed E-state index contributed by atoms with van der Waals surface area (Å²) in [4.78, 5) is 23.4. The van der Waals surface area contributed by atoms with Crippen molar-refractivity contribution in [3.63, 3.8) is 0 Å². The summed E-state index contributed by atoms with van der Waals surface area (Å²) >= 11 is 6.67. The summed E-state index contributed by atoms with van der Waals surface area (Å²) in [5, 5.41) is 2.21. The third kappa shape index (κ3) is 4.64. The van der Waals surface area contributed by atoms with Crippen molar-refractivity contribution in [3.05, 3.63) is 58.7 Å². The van der Waals surface area contributed by atoms with Crippen LogP contribution in [0.4, 0.5) is 0 Å². The fraction of sp³-hybridized carbons (Fsp3) is 0.407. The van der Waals surface area contributed by atoms with Gasteiger partial charge in [-0.1, -0.05) is 36.9 Å². The molecule has 2 bridgehead atoms. The zero-order chi connectivity index (χ0) is 24.4. The molecule has 34 heavy (non-hydrogen) atoms. The summed E-state index contributed by atoms with van der Waals surface area (Å²) in [7, 11) is 0. The van der Waals surface area contributed by atoms with Crippen LogP contribution >= 0.6 is 11.6 Å². The van der Waals surface area contributed by atoms with Gasteiger partial charge in [-0.25, -0.2) is 9.59 Å². The molecule has 0 heterocycles. The lowest BCUT2D eigenvalue weighted by molar-refractivity contribution is -0.140. The smallest absolute Gasteiger partial charge is 0.333 e. The molecule has 7 heteroatoms. The van der Waals surface area contributed by atoms with Crippen molar-refractivity contribution in [1.29, 1.82) is 0 Å². The van der Waals surface area contributed by atoms with Crippen molar-refractivity contribution in [1.82, 2.24) is 0 Å². The zero-order valence-electron chi connectivity index (χ0n) is 19.6. The number of halogens is 1. The number of benzene rings is 2. The molecule has 1 saturated carbocycles. The minimum atomic E-state index is -0.438. The van der Waals surface area contributed by atoms with Gasteiger partial charge in [-0.05, 0) is 51.0 Å². The average Bonchev–Trinajstić information content (AvgIpc) is 3.42. The van der Waals surface area contributed by atoms with E-state index in [1.54, 1.807) is 13.8 Å². The first-order chi connectivity index (χ1) is 16.3. The third-order valence-electron chi connectivity index (χ3n) is 6.34. The van der Waals surface area contributed by atoms with Gasteiger partial charge in [-0.15, -0.1) is 0 Å². The second-order valence-corrected chi connectivity index (χ2v) is 9.29. The highest BCUT2D eigenvalue weighted by molar-refractivity contribution is 6.36. The number of esters is 2. The van der Waals surface area contributed by atoms with E-state index in [9.17, 15) is 9.59 Å². The molecule has 180 valence electrons. The van der Waals surface area contributed by atoms with Crippen molar-refractivity contribution in [2.24, 2.45) is 0 Å². The molecule has 2 aromatic rings. The molecule has 1 fully saturated rings. The number of fused-ring (bicyclic) bond motifs is 6. The van der Waals surface area contributed by atoms with Crippen LogP contribution in [0, 0.1) is 0 Å².